The zero-order valence-corrected chi connectivity index (χ0v) is 17.9. The maximum atomic E-state index is 12.3. The van der Waals surface area contributed by atoms with Gasteiger partial charge in [0, 0.05) is 23.0 Å². The molecule has 1 aromatic carbocycles. The second kappa shape index (κ2) is 10.1. The van der Waals surface area contributed by atoms with Crippen molar-refractivity contribution in [2.75, 3.05) is 11.9 Å². The third-order valence-corrected chi connectivity index (χ3v) is 7.06. The quantitative estimate of drug-likeness (QED) is 0.474. The van der Waals surface area contributed by atoms with Gasteiger partial charge in [-0.05, 0) is 36.4 Å². The number of anilines is 1. The smallest absolute Gasteiger partial charge is 0.233 e. The van der Waals surface area contributed by atoms with Crippen LogP contribution in [0.5, 0.6) is 0 Å². The summed E-state index contributed by atoms with van der Waals surface area (Å²) in [6, 6.07) is 11.7. The number of aromatic nitrogens is 2. The Hall–Kier alpha value is -1.61. The van der Waals surface area contributed by atoms with Crippen LogP contribution >= 0.6 is 46.0 Å². The molecule has 0 saturated heterocycles. The van der Waals surface area contributed by atoms with Crippen LogP contribution in [-0.4, -0.2) is 27.9 Å². The Morgan fingerprint density at radius 2 is 2.11 bits per heavy atom. The summed E-state index contributed by atoms with van der Waals surface area (Å²) in [6.45, 7) is 3.08. The summed E-state index contributed by atoms with van der Waals surface area (Å²) in [7, 11) is 0. The second-order valence-electron chi connectivity index (χ2n) is 5.70. The molecule has 2 heterocycles. The van der Waals surface area contributed by atoms with Crippen molar-refractivity contribution in [3.8, 4) is 0 Å². The number of nitrogens with one attached hydrogen (secondary N) is 2. The maximum Gasteiger partial charge on any atom is 0.233 e. The summed E-state index contributed by atoms with van der Waals surface area (Å²) in [5.41, 5.74) is 0.901. The Labute approximate surface area is 175 Å². The lowest BCUT2D eigenvalue weighted by Crippen LogP contribution is -2.30. The number of thiophene rings is 1. The Kier molecular flexibility index (Phi) is 7.51. The Morgan fingerprint density at radius 3 is 2.89 bits per heavy atom. The lowest BCUT2D eigenvalue weighted by Gasteiger charge is -2.11. The van der Waals surface area contributed by atoms with Crippen LogP contribution in [0.3, 0.4) is 0 Å². The van der Waals surface area contributed by atoms with E-state index in [0.29, 0.717) is 11.6 Å². The minimum Gasteiger partial charge on any atom is -0.360 e. The molecule has 0 fully saturated rings. The van der Waals surface area contributed by atoms with E-state index in [0.717, 1.165) is 28.0 Å². The highest BCUT2D eigenvalue weighted by Gasteiger charge is 2.17. The first-order valence-corrected chi connectivity index (χ1v) is 11.3. The van der Waals surface area contributed by atoms with Crippen molar-refractivity contribution in [1.29, 1.82) is 0 Å². The molecule has 2 N–H and O–H groups in total. The number of nitrogens with zero attached hydrogens (tertiary/aromatic N) is 2. The maximum absolute atomic E-state index is 12.3. The van der Waals surface area contributed by atoms with Crippen LogP contribution in [0.25, 0.3) is 0 Å². The number of carbonyl (C=O) groups excluding carboxylic acids is 1. The molecule has 0 saturated carbocycles. The van der Waals surface area contributed by atoms with Crippen molar-refractivity contribution in [3.05, 3.63) is 57.2 Å². The second-order valence-corrected chi connectivity index (χ2v) is 9.70. The number of carbonyl (C=O) groups is 1. The first-order chi connectivity index (χ1) is 13.1. The molecular formula is C18H19ClN4OS3. The summed E-state index contributed by atoms with van der Waals surface area (Å²) in [5, 5.41) is 17.7. The SMILES string of the molecule is CC(Sc1nnc(NCCc2cccs2)s1)C(=O)NCc1ccccc1Cl. The van der Waals surface area contributed by atoms with E-state index in [4.69, 9.17) is 11.6 Å². The van der Waals surface area contributed by atoms with Crippen molar-refractivity contribution < 1.29 is 4.79 Å². The zero-order valence-electron chi connectivity index (χ0n) is 14.6. The molecule has 3 rings (SSSR count). The van der Waals surface area contributed by atoms with Gasteiger partial charge in [-0.15, -0.1) is 21.5 Å². The van der Waals surface area contributed by atoms with Crippen LogP contribution < -0.4 is 10.6 Å². The Balaban J connectivity index is 1.43. The van der Waals surface area contributed by atoms with Gasteiger partial charge in [-0.3, -0.25) is 4.79 Å². The lowest BCUT2D eigenvalue weighted by atomic mass is 10.2. The van der Waals surface area contributed by atoms with E-state index in [1.165, 1.54) is 28.0 Å². The van der Waals surface area contributed by atoms with E-state index in [-0.39, 0.29) is 11.2 Å². The van der Waals surface area contributed by atoms with E-state index < -0.39 is 0 Å². The van der Waals surface area contributed by atoms with Gasteiger partial charge in [0.15, 0.2) is 4.34 Å². The van der Waals surface area contributed by atoms with Gasteiger partial charge in [-0.1, -0.05) is 59.0 Å². The fourth-order valence-electron chi connectivity index (χ4n) is 2.25. The van der Waals surface area contributed by atoms with Crippen molar-refractivity contribution in [2.24, 2.45) is 0 Å². The number of hydrogen-bond donors (Lipinski definition) is 2. The number of rotatable bonds is 9. The van der Waals surface area contributed by atoms with E-state index in [1.54, 1.807) is 11.3 Å². The van der Waals surface area contributed by atoms with Crippen molar-refractivity contribution in [3.63, 3.8) is 0 Å². The molecule has 3 aromatic rings. The van der Waals surface area contributed by atoms with Crippen molar-refractivity contribution >= 4 is 57.1 Å². The first-order valence-electron chi connectivity index (χ1n) is 8.39. The fourth-order valence-corrected chi connectivity index (χ4v) is 5.11. The van der Waals surface area contributed by atoms with Crippen LogP contribution in [0.4, 0.5) is 5.13 Å². The molecule has 27 heavy (non-hydrogen) atoms. The summed E-state index contributed by atoms with van der Waals surface area (Å²) >= 11 is 10.7. The molecule has 2 aromatic heterocycles. The summed E-state index contributed by atoms with van der Waals surface area (Å²) in [5.74, 6) is -0.0534. The molecule has 0 bridgehead atoms. The fraction of sp³-hybridized carbons (Fsp3) is 0.278. The monoisotopic (exact) mass is 438 g/mol. The molecule has 0 spiro atoms. The molecule has 1 atom stereocenters. The summed E-state index contributed by atoms with van der Waals surface area (Å²) in [4.78, 5) is 13.6. The molecule has 0 aliphatic carbocycles. The highest BCUT2D eigenvalue weighted by molar-refractivity contribution is 8.02. The highest BCUT2D eigenvalue weighted by Crippen LogP contribution is 2.29. The third-order valence-electron chi connectivity index (χ3n) is 3.69. The average molecular weight is 439 g/mol. The predicted octanol–water partition coefficient (Wildman–Crippen LogP) is 4.70. The summed E-state index contributed by atoms with van der Waals surface area (Å²) < 4.78 is 0.772. The van der Waals surface area contributed by atoms with Gasteiger partial charge < -0.3 is 10.6 Å². The normalized spacial score (nSPS) is 11.9. The predicted molar refractivity (Wildman–Crippen MR) is 115 cm³/mol. The van der Waals surface area contributed by atoms with Crippen LogP contribution in [-0.2, 0) is 17.8 Å². The summed E-state index contributed by atoms with van der Waals surface area (Å²) in [6.07, 6.45) is 0.959. The number of halogens is 1. The van der Waals surface area contributed by atoms with Crippen molar-refractivity contribution in [1.82, 2.24) is 15.5 Å². The first kappa shape index (κ1) is 20.1. The lowest BCUT2D eigenvalue weighted by molar-refractivity contribution is -0.120. The Morgan fingerprint density at radius 1 is 1.26 bits per heavy atom. The number of benzene rings is 1. The number of amides is 1. The van der Waals surface area contributed by atoms with Crippen LogP contribution in [0.1, 0.15) is 17.4 Å². The van der Waals surface area contributed by atoms with Crippen LogP contribution in [0.15, 0.2) is 46.1 Å². The molecule has 9 heteroatoms. The zero-order chi connectivity index (χ0) is 19.1. The molecule has 0 aliphatic heterocycles. The van der Waals surface area contributed by atoms with Gasteiger partial charge in [-0.25, -0.2) is 0 Å². The van der Waals surface area contributed by atoms with E-state index >= 15 is 0 Å². The topological polar surface area (TPSA) is 66.9 Å². The molecule has 142 valence electrons. The minimum absolute atomic E-state index is 0.0534. The van der Waals surface area contributed by atoms with Gasteiger partial charge in [0.1, 0.15) is 0 Å². The third kappa shape index (κ3) is 6.21. The van der Waals surface area contributed by atoms with Gasteiger partial charge in [-0.2, -0.15) is 0 Å². The van der Waals surface area contributed by atoms with E-state index in [1.807, 2.05) is 31.2 Å². The number of thioether (sulfide) groups is 1. The minimum atomic E-state index is -0.264. The molecule has 5 nitrogen and oxygen atoms in total. The largest absolute Gasteiger partial charge is 0.360 e. The Bertz CT molecular complexity index is 869. The molecule has 1 amide bonds. The molecule has 1 unspecified atom stereocenters. The highest BCUT2D eigenvalue weighted by atomic mass is 35.5. The number of hydrogen-bond acceptors (Lipinski definition) is 7. The van der Waals surface area contributed by atoms with Gasteiger partial charge in [0.2, 0.25) is 11.0 Å². The van der Waals surface area contributed by atoms with E-state index in [9.17, 15) is 4.79 Å². The molecule has 0 aliphatic rings. The van der Waals surface area contributed by atoms with Gasteiger partial charge >= 0.3 is 0 Å². The standard InChI is InChI=1S/C18H19ClN4OS3/c1-12(16(24)21-11-13-5-2-3-7-15(13)19)26-18-23-22-17(27-18)20-9-8-14-6-4-10-25-14/h2-7,10,12H,8-9,11H2,1H3,(H,20,22)(H,21,24). The van der Waals surface area contributed by atoms with E-state index in [2.05, 4.69) is 38.3 Å². The average Bonchev–Trinajstić information content (AvgIpc) is 3.33. The van der Waals surface area contributed by atoms with Crippen LogP contribution in [0, 0.1) is 0 Å². The van der Waals surface area contributed by atoms with Crippen LogP contribution in [0.2, 0.25) is 5.02 Å². The molecular weight excluding hydrogens is 420 g/mol. The van der Waals surface area contributed by atoms with Crippen molar-refractivity contribution in [2.45, 2.75) is 29.5 Å². The van der Waals surface area contributed by atoms with Gasteiger partial charge in [0.05, 0.1) is 5.25 Å². The molecule has 0 radical (unpaired) electrons. The van der Waals surface area contributed by atoms with Gasteiger partial charge in [0.25, 0.3) is 0 Å².